The maximum absolute atomic E-state index is 12.4. The van der Waals surface area contributed by atoms with Gasteiger partial charge < -0.3 is 10.1 Å². The van der Waals surface area contributed by atoms with E-state index in [1.807, 2.05) is 6.07 Å². The third-order valence-electron chi connectivity index (χ3n) is 4.22. The first-order valence-corrected chi connectivity index (χ1v) is 7.78. The molecule has 1 aromatic rings. The summed E-state index contributed by atoms with van der Waals surface area (Å²) < 4.78 is 30.2. The zero-order valence-corrected chi connectivity index (χ0v) is 13.2. The average Bonchev–Trinajstić information content (AvgIpc) is 2.35. The lowest BCUT2D eigenvalue weighted by Gasteiger charge is -2.41. The summed E-state index contributed by atoms with van der Waals surface area (Å²) in [6.45, 7) is 0.905. The Hall–Kier alpha value is -0.680. The standard InChI is InChI=1S/C15H20BrF2NO/c1-2-15(6-3-7-15)10-19-9-11-8-12(16)4-5-13(11)20-14(17)18/h4-5,8,14,19H,2-3,6-7,9-10H2,1H3. The molecule has 20 heavy (non-hydrogen) atoms. The maximum atomic E-state index is 12.4. The molecule has 112 valence electrons. The highest BCUT2D eigenvalue weighted by Gasteiger charge is 2.34. The van der Waals surface area contributed by atoms with Crippen LogP contribution in [0, 0.1) is 5.41 Å². The Bertz CT molecular complexity index is 444. The summed E-state index contributed by atoms with van der Waals surface area (Å²) in [6, 6.07) is 5.11. The SMILES string of the molecule is CCC1(CNCc2cc(Br)ccc2OC(F)F)CCC1. The first kappa shape index (κ1) is 15.7. The summed E-state index contributed by atoms with van der Waals surface area (Å²) >= 11 is 3.36. The van der Waals surface area contributed by atoms with E-state index in [1.165, 1.54) is 25.7 Å². The van der Waals surface area contributed by atoms with E-state index in [4.69, 9.17) is 0 Å². The molecule has 1 aliphatic rings. The second kappa shape index (κ2) is 6.85. The van der Waals surface area contributed by atoms with Crippen molar-refractivity contribution in [1.82, 2.24) is 5.32 Å². The van der Waals surface area contributed by atoms with Crippen molar-refractivity contribution in [2.45, 2.75) is 45.8 Å². The van der Waals surface area contributed by atoms with Gasteiger partial charge in [0.05, 0.1) is 0 Å². The Labute approximate surface area is 127 Å². The van der Waals surface area contributed by atoms with E-state index in [9.17, 15) is 8.78 Å². The molecule has 1 aliphatic carbocycles. The highest BCUT2D eigenvalue weighted by atomic mass is 79.9. The molecular weight excluding hydrogens is 328 g/mol. The molecule has 0 heterocycles. The van der Waals surface area contributed by atoms with Crippen molar-refractivity contribution >= 4 is 15.9 Å². The minimum atomic E-state index is -2.79. The molecule has 0 amide bonds. The Balaban J connectivity index is 1.95. The van der Waals surface area contributed by atoms with E-state index in [-0.39, 0.29) is 5.75 Å². The number of nitrogens with one attached hydrogen (secondary N) is 1. The lowest BCUT2D eigenvalue weighted by Crippen LogP contribution is -2.39. The van der Waals surface area contributed by atoms with Gasteiger partial charge in [0.25, 0.3) is 0 Å². The van der Waals surface area contributed by atoms with Crippen LogP contribution in [0.15, 0.2) is 22.7 Å². The molecule has 0 aromatic heterocycles. The fraction of sp³-hybridized carbons (Fsp3) is 0.600. The van der Waals surface area contributed by atoms with Crippen LogP contribution in [-0.2, 0) is 6.54 Å². The first-order valence-electron chi connectivity index (χ1n) is 6.99. The van der Waals surface area contributed by atoms with Gasteiger partial charge in [-0.25, -0.2) is 0 Å². The number of alkyl halides is 2. The van der Waals surface area contributed by atoms with Crippen LogP contribution >= 0.6 is 15.9 Å². The highest BCUT2D eigenvalue weighted by Crippen LogP contribution is 2.43. The summed E-state index contributed by atoms with van der Waals surface area (Å²) in [5.41, 5.74) is 1.17. The fourth-order valence-electron chi connectivity index (χ4n) is 2.69. The smallest absolute Gasteiger partial charge is 0.387 e. The Morgan fingerprint density at radius 2 is 2.15 bits per heavy atom. The monoisotopic (exact) mass is 347 g/mol. The van der Waals surface area contributed by atoms with Gasteiger partial charge in [0.1, 0.15) is 5.75 Å². The van der Waals surface area contributed by atoms with Crippen molar-refractivity contribution in [2.24, 2.45) is 5.41 Å². The molecule has 1 aromatic carbocycles. The van der Waals surface area contributed by atoms with Crippen LogP contribution in [0.25, 0.3) is 0 Å². The molecule has 2 rings (SSSR count). The number of benzene rings is 1. The molecule has 2 nitrogen and oxygen atoms in total. The van der Waals surface area contributed by atoms with Crippen molar-refractivity contribution in [2.75, 3.05) is 6.54 Å². The lowest BCUT2D eigenvalue weighted by atomic mass is 9.67. The van der Waals surface area contributed by atoms with Gasteiger partial charge in [0.2, 0.25) is 0 Å². The molecule has 0 aliphatic heterocycles. The highest BCUT2D eigenvalue weighted by molar-refractivity contribution is 9.10. The summed E-state index contributed by atoms with van der Waals surface area (Å²) in [6.07, 6.45) is 4.98. The maximum Gasteiger partial charge on any atom is 0.387 e. The molecule has 1 N–H and O–H groups in total. The van der Waals surface area contributed by atoms with Crippen LogP contribution in [0.5, 0.6) is 5.75 Å². The van der Waals surface area contributed by atoms with Crippen LogP contribution in [-0.4, -0.2) is 13.2 Å². The summed E-state index contributed by atoms with van der Waals surface area (Å²) in [5.74, 6) is 0.245. The first-order chi connectivity index (χ1) is 9.54. The largest absolute Gasteiger partial charge is 0.434 e. The van der Waals surface area contributed by atoms with Gasteiger partial charge in [-0.05, 0) is 42.9 Å². The predicted octanol–water partition coefficient (Wildman–Crippen LogP) is 4.72. The van der Waals surface area contributed by atoms with Gasteiger partial charge in [0, 0.05) is 23.1 Å². The minimum absolute atomic E-state index is 0.245. The summed E-state index contributed by atoms with van der Waals surface area (Å²) in [4.78, 5) is 0. The zero-order valence-electron chi connectivity index (χ0n) is 11.6. The number of ether oxygens (including phenoxy) is 1. The third kappa shape index (κ3) is 3.92. The molecule has 0 unspecified atom stereocenters. The molecule has 0 bridgehead atoms. The van der Waals surface area contributed by atoms with Gasteiger partial charge in [-0.15, -0.1) is 0 Å². The van der Waals surface area contributed by atoms with E-state index < -0.39 is 6.61 Å². The fourth-order valence-corrected chi connectivity index (χ4v) is 3.10. The van der Waals surface area contributed by atoms with E-state index in [0.717, 1.165) is 16.6 Å². The zero-order chi connectivity index (χ0) is 14.6. The normalized spacial score (nSPS) is 17.1. The molecule has 0 atom stereocenters. The summed E-state index contributed by atoms with van der Waals surface area (Å²) in [7, 11) is 0. The second-order valence-corrected chi connectivity index (χ2v) is 6.36. The number of halogens is 3. The van der Waals surface area contributed by atoms with E-state index in [1.54, 1.807) is 12.1 Å². The molecule has 0 saturated heterocycles. The number of hydrogen-bond acceptors (Lipinski definition) is 2. The Kier molecular flexibility index (Phi) is 5.38. The van der Waals surface area contributed by atoms with Gasteiger partial charge in [0.15, 0.2) is 0 Å². The van der Waals surface area contributed by atoms with Gasteiger partial charge in [-0.3, -0.25) is 0 Å². The van der Waals surface area contributed by atoms with E-state index in [0.29, 0.717) is 12.0 Å². The molecule has 0 radical (unpaired) electrons. The Morgan fingerprint density at radius 3 is 2.70 bits per heavy atom. The van der Waals surface area contributed by atoms with Crippen LogP contribution in [0.4, 0.5) is 8.78 Å². The predicted molar refractivity (Wildman–Crippen MR) is 79.1 cm³/mol. The van der Waals surface area contributed by atoms with E-state index in [2.05, 4.69) is 32.9 Å². The molecule has 5 heteroatoms. The quantitative estimate of drug-likeness (QED) is 0.770. The van der Waals surface area contributed by atoms with Gasteiger partial charge in [-0.1, -0.05) is 29.3 Å². The van der Waals surface area contributed by atoms with Gasteiger partial charge in [-0.2, -0.15) is 8.78 Å². The molecular formula is C15H20BrF2NO. The number of hydrogen-bond donors (Lipinski definition) is 1. The van der Waals surface area contributed by atoms with Crippen molar-refractivity contribution in [1.29, 1.82) is 0 Å². The molecule has 1 saturated carbocycles. The van der Waals surface area contributed by atoms with Gasteiger partial charge >= 0.3 is 6.61 Å². The Morgan fingerprint density at radius 1 is 1.40 bits per heavy atom. The lowest BCUT2D eigenvalue weighted by molar-refractivity contribution is -0.0505. The van der Waals surface area contributed by atoms with Crippen molar-refractivity contribution in [3.8, 4) is 5.75 Å². The van der Waals surface area contributed by atoms with Crippen LogP contribution < -0.4 is 10.1 Å². The minimum Gasteiger partial charge on any atom is -0.434 e. The summed E-state index contributed by atoms with van der Waals surface area (Å²) in [5, 5.41) is 3.39. The second-order valence-electron chi connectivity index (χ2n) is 5.44. The molecule has 1 fully saturated rings. The van der Waals surface area contributed by atoms with Crippen LogP contribution in [0.3, 0.4) is 0 Å². The van der Waals surface area contributed by atoms with Crippen molar-refractivity contribution in [3.63, 3.8) is 0 Å². The van der Waals surface area contributed by atoms with Crippen molar-refractivity contribution in [3.05, 3.63) is 28.2 Å². The van der Waals surface area contributed by atoms with E-state index >= 15 is 0 Å². The van der Waals surface area contributed by atoms with Crippen LogP contribution in [0.1, 0.15) is 38.2 Å². The third-order valence-corrected chi connectivity index (χ3v) is 4.71. The van der Waals surface area contributed by atoms with Crippen molar-refractivity contribution < 1.29 is 13.5 Å². The molecule has 0 spiro atoms. The topological polar surface area (TPSA) is 21.3 Å². The van der Waals surface area contributed by atoms with Crippen LogP contribution in [0.2, 0.25) is 0 Å². The average molecular weight is 348 g/mol. The number of rotatable bonds is 7.